The SMILES string of the molecule is C=C(C)C1CCC(C)=CC1c1ccc(/C=C/c2cc(OC)cc(OC)c2)c(O)c1OC. The Labute approximate surface area is 185 Å². The predicted octanol–water partition coefficient (Wildman–Crippen LogP) is 6.60. The van der Waals surface area contributed by atoms with Crippen molar-refractivity contribution < 1.29 is 19.3 Å². The van der Waals surface area contributed by atoms with Gasteiger partial charge in [0.15, 0.2) is 11.5 Å². The van der Waals surface area contributed by atoms with Gasteiger partial charge < -0.3 is 19.3 Å². The molecule has 1 N–H and O–H groups in total. The lowest BCUT2D eigenvalue weighted by atomic mass is 9.74. The van der Waals surface area contributed by atoms with E-state index in [0.29, 0.717) is 28.7 Å². The first kappa shape index (κ1) is 22.5. The Morgan fingerprint density at radius 2 is 1.71 bits per heavy atom. The van der Waals surface area contributed by atoms with Crippen LogP contribution in [0.25, 0.3) is 12.2 Å². The van der Waals surface area contributed by atoms with E-state index in [0.717, 1.165) is 29.5 Å². The standard InChI is InChI=1S/C27H32O4/c1-17(2)23-11-7-18(3)13-25(23)24-12-10-20(26(28)27(24)31-6)9-8-19-14-21(29-4)16-22(15-19)30-5/h8-10,12-16,23,25,28H,1,7,11H2,2-6H3/b9-8+. The fourth-order valence-corrected chi connectivity index (χ4v) is 4.25. The van der Waals surface area contributed by atoms with E-state index in [4.69, 9.17) is 14.2 Å². The molecule has 1 aliphatic rings. The fourth-order valence-electron chi connectivity index (χ4n) is 4.25. The van der Waals surface area contributed by atoms with Crippen LogP contribution in [0.3, 0.4) is 0 Å². The molecule has 1 aliphatic carbocycles. The summed E-state index contributed by atoms with van der Waals surface area (Å²) in [6.07, 6.45) is 8.21. The molecule has 2 atom stereocenters. The van der Waals surface area contributed by atoms with Crippen molar-refractivity contribution in [1.29, 1.82) is 0 Å². The molecule has 0 aliphatic heterocycles. The minimum Gasteiger partial charge on any atom is -0.504 e. The molecular weight excluding hydrogens is 388 g/mol. The van der Waals surface area contributed by atoms with Crippen LogP contribution >= 0.6 is 0 Å². The van der Waals surface area contributed by atoms with Crippen LogP contribution in [0.2, 0.25) is 0 Å². The molecule has 0 bridgehead atoms. The molecular formula is C27H32O4. The third-order valence-corrected chi connectivity index (χ3v) is 5.97. The molecule has 0 heterocycles. The van der Waals surface area contributed by atoms with Gasteiger partial charge >= 0.3 is 0 Å². The van der Waals surface area contributed by atoms with Gasteiger partial charge in [-0.2, -0.15) is 0 Å². The quantitative estimate of drug-likeness (QED) is 0.405. The predicted molar refractivity (Wildman–Crippen MR) is 127 cm³/mol. The van der Waals surface area contributed by atoms with Gasteiger partial charge in [0.25, 0.3) is 0 Å². The van der Waals surface area contributed by atoms with Crippen molar-refractivity contribution >= 4 is 12.2 Å². The zero-order chi connectivity index (χ0) is 22.5. The number of allylic oxidation sites excluding steroid dienone is 3. The number of rotatable bonds is 7. The summed E-state index contributed by atoms with van der Waals surface area (Å²) in [5.74, 6) is 2.56. The topological polar surface area (TPSA) is 47.9 Å². The molecule has 164 valence electrons. The van der Waals surface area contributed by atoms with Gasteiger partial charge in [-0.3, -0.25) is 0 Å². The minimum absolute atomic E-state index is 0.142. The van der Waals surface area contributed by atoms with E-state index in [1.54, 1.807) is 21.3 Å². The summed E-state index contributed by atoms with van der Waals surface area (Å²) in [6.45, 7) is 8.44. The number of benzene rings is 2. The summed E-state index contributed by atoms with van der Waals surface area (Å²) in [5, 5.41) is 11.0. The van der Waals surface area contributed by atoms with Crippen LogP contribution in [0, 0.1) is 5.92 Å². The highest BCUT2D eigenvalue weighted by atomic mass is 16.5. The maximum absolute atomic E-state index is 11.0. The van der Waals surface area contributed by atoms with Crippen molar-refractivity contribution in [2.75, 3.05) is 21.3 Å². The average molecular weight is 421 g/mol. The molecule has 0 amide bonds. The van der Waals surface area contributed by atoms with Crippen LogP contribution < -0.4 is 14.2 Å². The summed E-state index contributed by atoms with van der Waals surface area (Å²) >= 11 is 0. The number of methoxy groups -OCH3 is 3. The zero-order valence-corrected chi connectivity index (χ0v) is 19.1. The molecule has 2 aromatic carbocycles. The van der Waals surface area contributed by atoms with Crippen molar-refractivity contribution in [2.45, 2.75) is 32.6 Å². The molecule has 2 aromatic rings. The monoisotopic (exact) mass is 420 g/mol. The van der Waals surface area contributed by atoms with Crippen molar-refractivity contribution in [2.24, 2.45) is 5.92 Å². The number of hydrogen-bond donors (Lipinski definition) is 1. The lowest BCUT2D eigenvalue weighted by Crippen LogP contribution is -2.17. The van der Waals surface area contributed by atoms with Crippen molar-refractivity contribution in [3.05, 3.63) is 70.8 Å². The molecule has 0 radical (unpaired) electrons. The van der Waals surface area contributed by atoms with E-state index in [2.05, 4.69) is 32.6 Å². The molecule has 0 saturated heterocycles. The Kier molecular flexibility index (Phi) is 7.11. The molecule has 0 spiro atoms. The Morgan fingerprint density at radius 1 is 1.03 bits per heavy atom. The number of ether oxygens (including phenoxy) is 3. The van der Waals surface area contributed by atoms with Gasteiger partial charge in [-0.05, 0) is 50.3 Å². The third-order valence-electron chi connectivity index (χ3n) is 5.97. The lowest BCUT2D eigenvalue weighted by molar-refractivity contribution is 0.361. The summed E-state index contributed by atoms with van der Waals surface area (Å²) < 4.78 is 16.3. The van der Waals surface area contributed by atoms with Gasteiger partial charge in [0, 0.05) is 23.1 Å². The van der Waals surface area contributed by atoms with E-state index >= 15 is 0 Å². The van der Waals surface area contributed by atoms with E-state index in [1.807, 2.05) is 36.4 Å². The first-order valence-corrected chi connectivity index (χ1v) is 10.5. The largest absolute Gasteiger partial charge is 0.504 e. The summed E-state index contributed by atoms with van der Waals surface area (Å²) in [7, 11) is 4.85. The maximum atomic E-state index is 11.0. The van der Waals surface area contributed by atoms with Gasteiger partial charge in [-0.15, -0.1) is 0 Å². The number of hydrogen-bond acceptors (Lipinski definition) is 4. The highest BCUT2D eigenvalue weighted by Gasteiger charge is 2.29. The summed E-state index contributed by atoms with van der Waals surface area (Å²) in [5.41, 5.74) is 5.11. The van der Waals surface area contributed by atoms with Gasteiger partial charge in [0.1, 0.15) is 11.5 Å². The Bertz CT molecular complexity index is 994. The van der Waals surface area contributed by atoms with Gasteiger partial charge in [0.2, 0.25) is 0 Å². The second kappa shape index (κ2) is 9.78. The van der Waals surface area contributed by atoms with Crippen LogP contribution in [-0.2, 0) is 0 Å². The van der Waals surface area contributed by atoms with Crippen LogP contribution in [0.5, 0.6) is 23.0 Å². The van der Waals surface area contributed by atoms with Crippen molar-refractivity contribution in [1.82, 2.24) is 0 Å². The third kappa shape index (κ3) is 4.96. The van der Waals surface area contributed by atoms with Crippen LogP contribution in [0.15, 0.2) is 54.1 Å². The van der Waals surface area contributed by atoms with E-state index in [-0.39, 0.29) is 11.7 Å². The van der Waals surface area contributed by atoms with Crippen LogP contribution in [-0.4, -0.2) is 26.4 Å². The van der Waals surface area contributed by atoms with Crippen LogP contribution in [0.4, 0.5) is 0 Å². The highest BCUT2D eigenvalue weighted by Crippen LogP contribution is 2.46. The molecule has 0 saturated carbocycles. The minimum atomic E-state index is 0.142. The molecule has 4 heteroatoms. The Morgan fingerprint density at radius 3 is 2.29 bits per heavy atom. The zero-order valence-electron chi connectivity index (χ0n) is 19.1. The molecule has 2 unspecified atom stereocenters. The van der Waals surface area contributed by atoms with Gasteiger partial charge in [-0.25, -0.2) is 0 Å². The van der Waals surface area contributed by atoms with Crippen LogP contribution in [0.1, 0.15) is 49.3 Å². The molecule has 0 aromatic heterocycles. The van der Waals surface area contributed by atoms with Gasteiger partial charge in [-0.1, -0.05) is 48.1 Å². The van der Waals surface area contributed by atoms with E-state index < -0.39 is 0 Å². The first-order chi connectivity index (χ1) is 14.9. The van der Waals surface area contributed by atoms with Crippen molar-refractivity contribution in [3.63, 3.8) is 0 Å². The fraction of sp³-hybridized carbons (Fsp3) is 0.333. The molecule has 0 fully saturated rings. The van der Waals surface area contributed by atoms with E-state index in [9.17, 15) is 5.11 Å². The number of phenols is 1. The number of aromatic hydroxyl groups is 1. The summed E-state index contributed by atoms with van der Waals surface area (Å²) in [4.78, 5) is 0. The van der Waals surface area contributed by atoms with Crippen molar-refractivity contribution in [3.8, 4) is 23.0 Å². The highest BCUT2D eigenvalue weighted by molar-refractivity contribution is 5.76. The Balaban J connectivity index is 1.99. The maximum Gasteiger partial charge on any atom is 0.165 e. The average Bonchev–Trinajstić information content (AvgIpc) is 2.77. The summed E-state index contributed by atoms with van der Waals surface area (Å²) in [6, 6.07) is 9.64. The van der Waals surface area contributed by atoms with E-state index in [1.165, 1.54) is 5.57 Å². The molecule has 4 nitrogen and oxygen atoms in total. The lowest BCUT2D eigenvalue weighted by Gasteiger charge is -2.31. The van der Waals surface area contributed by atoms with Gasteiger partial charge in [0.05, 0.1) is 21.3 Å². The molecule has 31 heavy (non-hydrogen) atoms. The Hall–Kier alpha value is -3.14. The normalized spacial score (nSPS) is 18.5. The number of phenolic OH excluding ortho intramolecular Hbond substituents is 1. The first-order valence-electron chi connectivity index (χ1n) is 10.5. The second-order valence-electron chi connectivity index (χ2n) is 8.14. The smallest absolute Gasteiger partial charge is 0.165 e. The molecule has 3 rings (SSSR count). The second-order valence-corrected chi connectivity index (χ2v) is 8.14.